The minimum Gasteiger partial charge on any atom is -0.494 e. The second-order valence-corrected chi connectivity index (χ2v) is 11.1. The molecule has 1 amide bonds. The van der Waals surface area contributed by atoms with E-state index in [1.807, 2.05) is 29.2 Å². The number of hydrogen-bond donors (Lipinski definition) is 1. The van der Waals surface area contributed by atoms with Crippen LogP contribution in [0, 0.1) is 5.41 Å². The van der Waals surface area contributed by atoms with Crippen LogP contribution < -0.4 is 4.74 Å². The molecule has 1 N–H and O–H groups in total. The zero-order valence-electron chi connectivity index (χ0n) is 22.5. The van der Waals surface area contributed by atoms with Gasteiger partial charge in [-0.05, 0) is 74.8 Å². The van der Waals surface area contributed by atoms with E-state index in [0.717, 1.165) is 73.2 Å². The van der Waals surface area contributed by atoms with Gasteiger partial charge in [-0.3, -0.25) is 19.5 Å². The van der Waals surface area contributed by atoms with Crippen LogP contribution in [0.4, 0.5) is 0 Å². The van der Waals surface area contributed by atoms with Gasteiger partial charge in [0.1, 0.15) is 17.1 Å². The Morgan fingerprint density at radius 1 is 1.03 bits per heavy atom. The number of carboxylic acid groups (broad SMARTS) is 1. The average Bonchev–Trinajstić information content (AvgIpc) is 3.47. The van der Waals surface area contributed by atoms with Gasteiger partial charge in [0, 0.05) is 6.42 Å². The van der Waals surface area contributed by atoms with Crippen LogP contribution in [-0.2, 0) is 16.1 Å². The third kappa shape index (κ3) is 6.23. The van der Waals surface area contributed by atoms with E-state index in [4.69, 9.17) is 9.73 Å². The highest BCUT2D eigenvalue weighted by Crippen LogP contribution is 2.40. The number of benzene rings is 2. The van der Waals surface area contributed by atoms with Crippen LogP contribution in [0.25, 0.3) is 11.1 Å². The molecule has 0 radical (unpaired) electrons. The van der Waals surface area contributed by atoms with Crippen molar-refractivity contribution in [2.75, 3.05) is 6.61 Å². The summed E-state index contributed by atoms with van der Waals surface area (Å²) in [5.74, 6) is 1.17. The van der Waals surface area contributed by atoms with Gasteiger partial charge >= 0.3 is 5.97 Å². The van der Waals surface area contributed by atoms with Gasteiger partial charge in [-0.25, -0.2) is 0 Å². The Bertz CT molecular complexity index is 1110. The normalized spacial score (nSPS) is 16.9. The summed E-state index contributed by atoms with van der Waals surface area (Å²) in [5, 5.41) is 9.22. The molecule has 0 atom stereocenters. The molecular formula is C31H40N2O4. The van der Waals surface area contributed by atoms with Gasteiger partial charge in [-0.2, -0.15) is 0 Å². The van der Waals surface area contributed by atoms with Crippen molar-refractivity contribution in [1.29, 1.82) is 0 Å². The van der Waals surface area contributed by atoms with E-state index in [1.165, 1.54) is 0 Å². The number of amidine groups is 1. The van der Waals surface area contributed by atoms with E-state index in [2.05, 4.69) is 31.2 Å². The quantitative estimate of drug-likeness (QED) is 0.320. The molecule has 37 heavy (non-hydrogen) atoms. The molecule has 6 nitrogen and oxygen atoms in total. The molecule has 4 rings (SSSR count). The molecule has 198 valence electrons. The summed E-state index contributed by atoms with van der Waals surface area (Å²) < 4.78 is 5.81. The summed E-state index contributed by atoms with van der Waals surface area (Å²) in [4.78, 5) is 31.5. The molecule has 1 heterocycles. The van der Waals surface area contributed by atoms with Crippen molar-refractivity contribution in [2.45, 2.75) is 90.6 Å². The van der Waals surface area contributed by atoms with Crippen molar-refractivity contribution in [3.8, 4) is 16.9 Å². The summed E-state index contributed by atoms with van der Waals surface area (Å²) in [6, 6.07) is 16.4. The van der Waals surface area contributed by atoms with Crippen molar-refractivity contribution in [3.63, 3.8) is 0 Å². The number of nitrogens with zero attached hydrogens (tertiary/aromatic N) is 2. The summed E-state index contributed by atoms with van der Waals surface area (Å²) in [5.41, 5.74) is 2.10. The molecule has 2 aromatic carbocycles. The van der Waals surface area contributed by atoms with Gasteiger partial charge in [0.05, 0.1) is 18.6 Å². The molecule has 0 aromatic heterocycles. The van der Waals surface area contributed by atoms with Gasteiger partial charge in [0.25, 0.3) is 5.91 Å². The first-order valence-electron chi connectivity index (χ1n) is 13.7. The molecule has 1 aliphatic carbocycles. The first kappa shape index (κ1) is 26.9. The average molecular weight is 505 g/mol. The lowest BCUT2D eigenvalue weighted by Gasteiger charge is -2.22. The zero-order valence-corrected chi connectivity index (χ0v) is 22.5. The van der Waals surface area contributed by atoms with E-state index < -0.39 is 16.9 Å². The van der Waals surface area contributed by atoms with Crippen LogP contribution in [0.1, 0.15) is 84.1 Å². The molecule has 0 saturated heterocycles. The Kier molecular flexibility index (Phi) is 8.35. The van der Waals surface area contributed by atoms with Gasteiger partial charge in [0.15, 0.2) is 0 Å². The predicted octanol–water partition coefficient (Wildman–Crippen LogP) is 6.87. The SMILES string of the molecule is CCCCC1=NC2(CCCC2)C(=O)N1Cc1ccc(-c2ccc(OCCCC(C)(C)C(=O)O)cc2)cc1. The number of ether oxygens (including phenoxy) is 1. The fourth-order valence-electron chi connectivity index (χ4n) is 5.24. The highest BCUT2D eigenvalue weighted by Gasteiger charge is 2.49. The molecule has 1 fully saturated rings. The van der Waals surface area contributed by atoms with E-state index in [0.29, 0.717) is 26.0 Å². The second kappa shape index (κ2) is 11.5. The lowest BCUT2D eigenvalue weighted by Crippen LogP contribution is -2.40. The third-order valence-corrected chi connectivity index (χ3v) is 7.76. The predicted molar refractivity (Wildman–Crippen MR) is 147 cm³/mol. The molecule has 2 aliphatic rings. The molecule has 1 saturated carbocycles. The maximum atomic E-state index is 13.4. The van der Waals surface area contributed by atoms with E-state index >= 15 is 0 Å². The zero-order chi connectivity index (χ0) is 26.5. The highest BCUT2D eigenvalue weighted by molar-refractivity contribution is 6.08. The topological polar surface area (TPSA) is 79.2 Å². The first-order chi connectivity index (χ1) is 17.7. The van der Waals surface area contributed by atoms with Gasteiger partial charge in [0.2, 0.25) is 0 Å². The second-order valence-electron chi connectivity index (χ2n) is 11.1. The number of carbonyl (C=O) groups excluding carboxylic acids is 1. The highest BCUT2D eigenvalue weighted by atomic mass is 16.5. The van der Waals surface area contributed by atoms with Crippen LogP contribution >= 0.6 is 0 Å². The first-order valence-corrected chi connectivity index (χ1v) is 13.7. The van der Waals surface area contributed by atoms with E-state index in [9.17, 15) is 14.7 Å². The van der Waals surface area contributed by atoms with Crippen LogP contribution in [0.3, 0.4) is 0 Å². The maximum Gasteiger partial charge on any atom is 0.309 e. The minimum atomic E-state index is -0.780. The molecule has 1 spiro atoms. The van der Waals surface area contributed by atoms with Gasteiger partial charge in [-0.15, -0.1) is 0 Å². The Morgan fingerprint density at radius 3 is 2.24 bits per heavy atom. The van der Waals surface area contributed by atoms with Crippen molar-refractivity contribution < 1.29 is 19.4 Å². The maximum absolute atomic E-state index is 13.4. The fourth-order valence-corrected chi connectivity index (χ4v) is 5.24. The van der Waals surface area contributed by atoms with Crippen LogP contribution in [0.2, 0.25) is 0 Å². The molecule has 6 heteroatoms. The number of carboxylic acids is 1. The van der Waals surface area contributed by atoms with Crippen molar-refractivity contribution in [3.05, 3.63) is 54.1 Å². The monoisotopic (exact) mass is 504 g/mol. The van der Waals surface area contributed by atoms with E-state index in [-0.39, 0.29) is 5.91 Å². The Balaban J connectivity index is 1.34. The Morgan fingerprint density at radius 2 is 1.65 bits per heavy atom. The number of amides is 1. The summed E-state index contributed by atoms with van der Waals surface area (Å²) in [7, 11) is 0. The number of carbonyl (C=O) groups is 2. The largest absolute Gasteiger partial charge is 0.494 e. The van der Waals surface area contributed by atoms with Gasteiger partial charge < -0.3 is 9.84 Å². The van der Waals surface area contributed by atoms with Crippen molar-refractivity contribution in [2.24, 2.45) is 10.4 Å². The van der Waals surface area contributed by atoms with Gasteiger partial charge in [-0.1, -0.05) is 62.6 Å². The number of aliphatic imine (C=N–C) groups is 1. The Hall–Kier alpha value is -3.15. The lowest BCUT2D eigenvalue weighted by molar-refractivity contribution is -0.147. The molecule has 0 bridgehead atoms. The lowest BCUT2D eigenvalue weighted by atomic mass is 9.88. The summed E-state index contributed by atoms with van der Waals surface area (Å²) in [6.45, 7) is 6.72. The number of unbranched alkanes of at least 4 members (excludes halogenated alkanes) is 1. The minimum absolute atomic E-state index is 0.197. The standard InChI is InChI=1S/C31H40N2O4/c1-4-5-9-27-32-31(19-6-7-20-31)28(34)33(27)22-23-10-12-24(13-11-23)25-14-16-26(17-15-25)37-21-8-18-30(2,3)29(35)36/h10-17H,4-9,18-22H2,1-3H3,(H,35,36). The van der Waals surface area contributed by atoms with E-state index in [1.54, 1.807) is 13.8 Å². The van der Waals surface area contributed by atoms with Crippen LogP contribution in [0.5, 0.6) is 5.75 Å². The summed E-state index contributed by atoms with van der Waals surface area (Å²) in [6.07, 6.45) is 8.22. The third-order valence-electron chi connectivity index (χ3n) is 7.76. The van der Waals surface area contributed by atoms with Crippen molar-refractivity contribution >= 4 is 17.7 Å². The van der Waals surface area contributed by atoms with Crippen LogP contribution in [-0.4, -0.2) is 39.9 Å². The fraction of sp³-hybridized carbons (Fsp3) is 0.516. The smallest absolute Gasteiger partial charge is 0.309 e. The molecule has 0 unspecified atom stereocenters. The number of rotatable bonds is 12. The summed E-state index contributed by atoms with van der Waals surface area (Å²) >= 11 is 0. The molecular weight excluding hydrogens is 464 g/mol. The number of aliphatic carboxylic acids is 1. The van der Waals surface area contributed by atoms with Crippen LogP contribution in [0.15, 0.2) is 53.5 Å². The molecule has 1 aliphatic heterocycles. The number of hydrogen-bond acceptors (Lipinski definition) is 4. The van der Waals surface area contributed by atoms with Crippen molar-refractivity contribution in [1.82, 2.24) is 4.90 Å². The molecule has 2 aromatic rings. The Labute approximate surface area is 220 Å².